The molecule has 0 atom stereocenters. The first kappa shape index (κ1) is 12.7. The lowest BCUT2D eigenvalue weighted by Crippen LogP contribution is -2.22. The number of hydrogen-bond donors (Lipinski definition) is 1. The Kier molecular flexibility index (Phi) is 2.73. The van der Waals surface area contributed by atoms with Gasteiger partial charge in [0, 0.05) is 16.6 Å². The molecule has 4 aromatic rings. The van der Waals surface area contributed by atoms with Crippen LogP contribution in [0, 0.1) is 4.77 Å². The molecule has 7 heteroatoms. The molecule has 5 nitrogen and oxygen atoms in total. The number of benzene rings is 1. The number of aromatic amines is 1. The molecule has 3 aromatic heterocycles. The number of nitrogens with zero attached hydrogens (tertiary/aromatic N) is 3. The van der Waals surface area contributed by atoms with Crippen molar-refractivity contribution in [1.29, 1.82) is 0 Å². The van der Waals surface area contributed by atoms with Gasteiger partial charge in [0.1, 0.15) is 4.70 Å². The molecule has 0 spiro atoms. The van der Waals surface area contributed by atoms with Crippen LogP contribution in [-0.4, -0.2) is 19.2 Å². The number of nitrogens with one attached hydrogen (secondary N) is 1. The van der Waals surface area contributed by atoms with Crippen LogP contribution in [0.1, 0.15) is 13.3 Å². The van der Waals surface area contributed by atoms with Gasteiger partial charge in [0.25, 0.3) is 5.56 Å². The first-order chi connectivity index (χ1) is 10.2. The molecule has 0 radical (unpaired) electrons. The van der Waals surface area contributed by atoms with Crippen molar-refractivity contribution in [3.63, 3.8) is 0 Å². The zero-order chi connectivity index (χ0) is 14.6. The van der Waals surface area contributed by atoms with Gasteiger partial charge in [-0.3, -0.25) is 13.8 Å². The summed E-state index contributed by atoms with van der Waals surface area (Å²) in [7, 11) is 0. The Labute approximate surface area is 128 Å². The van der Waals surface area contributed by atoms with E-state index in [1.54, 1.807) is 4.57 Å². The van der Waals surface area contributed by atoms with Crippen molar-refractivity contribution in [2.45, 2.75) is 19.9 Å². The van der Waals surface area contributed by atoms with Crippen LogP contribution in [0.25, 0.3) is 26.1 Å². The predicted octanol–water partition coefficient (Wildman–Crippen LogP) is 3.33. The normalized spacial score (nSPS) is 11.9. The SMILES string of the molecule is CCCn1c(=O)c2sc3ccccc3c2n2c(=S)[nH]nc12. The van der Waals surface area contributed by atoms with Crippen molar-refractivity contribution < 1.29 is 0 Å². The molecule has 4 rings (SSSR count). The van der Waals surface area contributed by atoms with Crippen molar-refractivity contribution in [3.8, 4) is 0 Å². The van der Waals surface area contributed by atoms with Gasteiger partial charge < -0.3 is 0 Å². The molecule has 0 saturated carbocycles. The number of thiophene rings is 1. The smallest absolute Gasteiger partial charge is 0.272 e. The minimum absolute atomic E-state index is 0.00884. The lowest BCUT2D eigenvalue weighted by atomic mass is 10.2. The average molecular weight is 316 g/mol. The number of fused-ring (bicyclic) bond motifs is 5. The van der Waals surface area contributed by atoms with E-state index >= 15 is 0 Å². The van der Waals surface area contributed by atoms with E-state index in [1.165, 1.54) is 11.3 Å². The molecular weight excluding hydrogens is 304 g/mol. The second-order valence-corrected chi connectivity index (χ2v) is 6.34. The summed E-state index contributed by atoms with van der Waals surface area (Å²) in [5, 5.41) is 8.10. The fourth-order valence-corrected chi connectivity index (χ4v) is 4.06. The molecule has 0 amide bonds. The molecule has 3 heterocycles. The number of aryl methyl sites for hydroxylation is 1. The highest BCUT2D eigenvalue weighted by atomic mass is 32.1. The molecule has 21 heavy (non-hydrogen) atoms. The topological polar surface area (TPSA) is 55.1 Å². The molecule has 0 saturated heterocycles. The van der Waals surface area contributed by atoms with Gasteiger partial charge in [-0.15, -0.1) is 16.4 Å². The first-order valence-corrected chi connectivity index (χ1v) is 7.96. The Bertz CT molecular complexity index is 1100. The van der Waals surface area contributed by atoms with Gasteiger partial charge in [0.05, 0.1) is 5.52 Å². The molecule has 0 unspecified atom stereocenters. The van der Waals surface area contributed by atoms with Crippen molar-refractivity contribution in [2.24, 2.45) is 0 Å². The van der Waals surface area contributed by atoms with Crippen molar-refractivity contribution in [3.05, 3.63) is 39.4 Å². The lowest BCUT2D eigenvalue weighted by Gasteiger charge is -2.06. The summed E-state index contributed by atoms with van der Waals surface area (Å²) >= 11 is 6.88. The second-order valence-electron chi connectivity index (χ2n) is 4.90. The molecule has 0 aliphatic heterocycles. The lowest BCUT2D eigenvalue weighted by molar-refractivity contribution is 0.664. The van der Waals surface area contributed by atoms with Gasteiger partial charge in [0.2, 0.25) is 10.5 Å². The maximum Gasteiger partial charge on any atom is 0.272 e. The van der Waals surface area contributed by atoms with Crippen LogP contribution in [0.4, 0.5) is 0 Å². The Morgan fingerprint density at radius 1 is 1.38 bits per heavy atom. The van der Waals surface area contributed by atoms with E-state index in [4.69, 9.17) is 12.2 Å². The molecule has 0 aliphatic rings. The molecule has 0 fully saturated rings. The van der Waals surface area contributed by atoms with E-state index in [-0.39, 0.29) is 5.56 Å². The van der Waals surface area contributed by atoms with E-state index in [1.807, 2.05) is 35.6 Å². The molecule has 0 aliphatic carbocycles. The van der Waals surface area contributed by atoms with Gasteiger partial charge in [0.15, 0.2) is 0 Å². The summed E-state index contributed by atoms with van der Waals surface area (Å²) in [4.78, 5) is 12.8. The summed E-state index contributed by atoms with van der Waals surface area (Å²) in [6.45, 7) is 2.67. The molecule has 1 aromatic carbocycles. The average Bonchev–Trinajstić information content (AvgIpc) is 3.04. The van der Waals surface area contributed by atoms with E-state index in [0.29, 0.717) is 17.1 Å². The highest BCUT2D eigenvalue weighted by Gasteiger charge is 2.17. The van der Waals surface area contributed by atoms with Gasteiger partial charge in [-0.2, -0.15) is 0 Å². The Morgan fingerprint density at radius 2 is 2.19 bits per heavy atom. The third-order valence-corrected chi connectivity index (χ3v) is 5.00. The largest absolute Gasteiger partial charge is 0.276 e. The van der Waals surface area contributed by atoms with Crippen LogP contribution < -0.4 is 5.56 Å². The van der Waals surface area contributed by atoms with E-state index in [2.05, 4.69) is 10.2 Å². The van der Waals surface area contributed by atoms with Crippen LogP contribution in [0.15, 0.2) is 29.1 Å². The number of aromatic nitrogens is 4. The van der Waals surface area contributed by atoms with E-state index in [0.717, 1.165) is 26.7 Å². The quantitative estimate of drug-likeness (QED) is 0.577. The van der Waals surface area contributed by atoms with Crippen LogP contribution >= 0.6 is 23.6 Å². The Hall–Kier alpha value is -1.99. The van der Waals surface area contributed by atoms with Crippen LogP contribution in [0.2, 0.25) is 0 Å². The molecule has 0 bridgehead atoms. The van der Waals surface area contributed by atoms with Gasteiger partial charge in [-0.25, -0.2) is 5.10 Å². The van der Waals surface area contributed by atoms with Crippen LogP contribution in [0.5, 0.6) is 0 Å². The van der Waals surface area contributed by atoms with Gasteiger partial charge >= 0.3 is 0 Å². The zero-order valence-corrected chi connectivity index (χ0v) is 12.9. The van der Waals surface area contributed by atoms with Crippen LogP contribution in [0.3, 0.4) is 0 Å². The molecule has 106 valence electrons. The fraction of sp³-hybridized carbons (Fsp3) is 0.214. The van der Waals surface area contributed by atoms with Gasteiger partial charge in [-0.1, -0.05) is 25.1 Å². The summed E-state index contributed by atoms with van der Waals surface area (Å²) in [6.07, 6.45) is 0.867. The highest BCUT2D eigenvalue weighted by Crippen LogP contribution is 2.31. The zero-order valence-electron chi connectivity index (χ0n) is 11.3. The van der Waals surface area contributed by atoms with Gasteiger partial charge in [-0.05, 0) is 24.7 Å². The minimum atomic E-state index is 0.00884. The number of H-pyrrole nitrogens is 1. The predicted molar refractivity (Wildman–Crippen MR) is 87.8 cm³/mol. The summed E-state index contributed by atoms with van der Waals surface area (Å²) in [5.74, 6) is 0.586. The van der Waals surface area contributed by atoms with Crippen molar-refractivity contribution in [2.75, 3.05) is 0 Å². The standard InChI is InChI=1S/C14H12N4OS2/c1-2-7-17-12(19)11-10(18-13(17)15-16-14(18)20)8-5-3-4-6-9(8)21-11/h3-6H,2,7H2,1H3,(H,16,20). The van der Waals surface area contributed by atoms with E-state index in [9.17, 15) is 4.79 Å². The second kappa shape index (κ2) is 4.51. The molecule has 1 N–H and O–H groups in total. The minimum Gasteiger partial charge on any atom is -0.276 e. The van der Waals surface area contributed by atoms with Crippen molar-refractivity contribution >= 4 is 49.6 Å². The third kappa shape index (κ3) is 1.64. The maximum atomic E-state index is 12.8. The summed E-state index contributed by atoms with van der Waals surface area (Å²) in [5.41, 5.74) is 0.872. The monoisotopic (exact) mass is 316 g/mol. The Balaban J connectivity index is 2.39. The third-order valence-electron chi connectivity index (χ3n) is 3.58. The van der Waals surface area contributed by atoms with Crippen LogP contribution in [-0.2, 0) is 6.54 Å². The van der Waals surface area contributed by atoms with E-state index < -0.39 is 0 Å². The van der Waals surface area contributed by atoms with Crippen molar-refractivity contribution in [1.82, 2.24) is 19.2 Å². The fourth-order valence-electron chi connectivity index (χ4n) is 2.71. The number of rotatable bonds is 2. The Morgan fingerprint density at radius 3 is 3.00 bits per heavy atom. The highest BCUT2D eigenvalue weighted by molar-refractivity contribution is 7.71. The summed E-state index contributed by atoms with van der Waals surface area (Å²) < 4.78 is 5.91. The maximum absolute atomic E-state index is 12.8. The summed E-state index contributed by atoms with van der Waals surface area (Å²) in [6, 6.07) is 8.00. The number of hydrogen-bond acceptors (Lipinski definition) is 4. The molecular formula is C14H12N4OS2. The first-order valence-electron chi connectivity index (χ1n) is 6.73.